The van der Waals surface area contributed by atoms with Crippen LogP contribution in [0, 0.1) is 5.92 Å². The summed E-state index contributed by atoms with van der Waals surface area (Å²) in [6.45, 7) is 0.656. The maximum atomic E-state index is 12.4. The van der Waals surface area contributed by atoms with Crippen molar-refractivity contribution in [3.8, 4) is 0 Å². The van der Waals surface area contributed by atoms with Gasteiger partial charge in [0.05, 0.1) is 12.2 Å². The van der Waals surface area contributed by atoms with E-state index in [9.17, 15) is 13.2 Å². The SMILES string of the molecule is FC(F)(F)c1ccc(C2(C3CC3)CO2)cc1. The van der Waals surface area contributed by atoms with E-state index in [2.05, 4.69) is 0 Å². The number of ether oxygens (including phenoxy) is 1. The molecule has 1 saturated carbocycles. The minimum atomic E-state index is -4.25. The molecule has 86 valence electrons. The van der Waals surface area contributed by atoms with E-state index in [-0.39, 0.29) is 5.60 Å². The molecule has 1 heterocycles. The van der Waals surface area contributed by atoms with Gasteiger partial charge in [-0.15, -0.1) is 0 Å². The fraction of sp³-hybridized carbons (Fsp3) is 0.500. The van der Waals surface area contributed by atoms with Crippen LogP contribution in [0.5, 0.6) is 0 Å². The van der Waals surface area contributed by atoms with Crippen molar-refractivity contribution in [3.63, 3.8) is 0 Å². The van der Waals surface area contributed by atoms with Crippen LogP contribution in [-0.2, 0) is 16.5 Å². The van der Waals surface area contributed by atoms with Crippen molar-refractivity contribution in [1.82, 2.24) is 0 Å². The molecular weight excluding hydrogens is 217 g/mol. The maximum Gasteiger partial charge on any atom is 0.416 e. The predicted octanol–water partition coefficient (Wildman–Crippen LogP) is 3.34. The molecule has 0 aromatic heterocycles. The molecule has 1 aliphatic heterocycles. The second-order valence-corrected chi connectivity index (χ2v) is 4.53. The van der Waals surface area contributed by atoms with Gasteiger partial charge in [-0.1, -0.05) is 12.1 Å². The van der Waals surface area contributed by atoms with E-state index < -0.39 is 11.7 Å². The first-order valence-corrected chi connectivity index (χ1v) is 5.34. The number of epoxide rings is 1. The molecule has 2 aliphatic rings. The van der Waals surface area contributed by atoms with Gasteiger partial charge in [-0.05, 0) is 36.5 Å². The first kappa shape index (κ1) is 10.1. The van der Waals surface area contributed by atoms with Gasteiger partial charge in [-0.2, -0.15) is 13.2 Å². The zero-order valence-electron chi connectivity index (χ0n) is 8.55. The summed E-state index contributed by atoms with van der Waals surface area (Å²) in [5.74, 6) is 0.518. The Labute approximate surface area is 91.2 Å². The Morgan fingerprint density at radius 1 is 1.12 bits per heavy atom. The van der Waals surface area contributed by atoms with Crippen molar-refractivity contribution in [2.75, 3.05) is 6.61 Å². The van der Waals surface area contributed by atoms with Gasteiger partial charge in [0.1, 0.15) is 5.60 Å². The van der Waals surface area contributed by atoms with Gasteiger partial charge in [0, 0.05) is 0 Å². The molecule has 1 saturated heterocycles. The first-order chi connectivity index (χ1) is 7.52. The number of rotatable bonds is 2. The highest BCUT2D eigenvalue weighted by atomic mass is 19.4. The quantitative estimate of drug-likeness (QED) is 0.707. The molecule has 1 nitrogen and oxygen atoms in total. The van der Waals surface area contributed by atoms with E-state index in [1.807, 2.05) is 0 Å². The lowest BCUT2D eigenvalue weighted by atomic mass is 9.94. The lowest BCUT2D eigenvalue weighted by molar-refractivity contribution is -0.137. The monoisotopic (exact) mass is 228 g/mol. The third-order valence-corrected chi connectivity index (χ3v) is 3.39. The van der Waals surface area contributed by atoms with E-state index in [0.717, 1.165) is 30.5 Å². The van der Waals surface area contributed by atoms with Gasteiger partial charge in [-0.3, -0.25) is 0 Å². The molecule has 0 amide bonds. The molecule has 1 atom stereocenters. The third-order valence-electron chi connectivity index (χ3n) is 3.39. The van der Waals surface area contributed by atoms with Crippen LogP contribution in [0.2, 0.25) is 0 Å². The van der Waals surface area contributed by atoms with Crippen molar-refractivity contribution in [3.05, 3.63) is 35.4 Å². The summed E-state index contributed by atoms with van der Waals surface area (Å²) in [4.78, 5) is 0. The van der Waals surface area contributed by atoms with Gasteiger partial charge >= 0.3 is 6.18 Å². The highest BCUT2D eigenvalue weighted by Gasteiger charge is 2.57. The molecule has 16 heavy (non-hydrogen) atoms. The lowest BCUT2D eigenvalue weighted by Crippen LogP contribution is -2.12. The summed E-state index contributed by atoms with van der Waals surface area (Å²) in [5, 5.41) is 0. The van der Waals surface area contributed by atoms with Crippen molar-refractivity contribution in [1.29, 1.82) is 0 Å². The molecule has 1 aromatic rings. The second-order valence-electron chi connectivity index (χ2n) is 4.53. The molecule has 2 fully saturated rings. The highest BCUT2D eigenvalue weighted by Crippen LogP contribution is 2.56. The van der Waals surface area contributed by atoms with Gasteiger partial charge in [-0.25, -0.2) is 0 Å². The van der Waals surface area contributed by atoms with Gasteiger partial charge in [0.2, 0.25) is 0 Å². The Balaban J connectivity index is 1.88. The summed E-state index contributed by atoms with van der Waals surface area (Å²) < 4.78 is 42.6. The minimum Gasteiger partial charge on any atom is -0.364 e. The Morgan fingerprint density at radius 3 is 2.06 bits per heavy atom. The topological polar surface area (TPSA) is 12.5 Å². The van der Waals surface area contributed by atoms with Gasteiger partial charge in [0.25, 0.3) is 0 Å². The Bertz CT molecular complexity index is 399. The number of hydrogen-bond acceptors (Lipinski definition) is 1. The Hall–Kier alpha value is -1.03. The average molecular weight is 228 g/mol. The fourth-order valence-corrected chi connectivity index (χ4v) is 2.21. The number of halogens is 3. The normalized spacial score (nSPS) is 29.2. The largest absolute Gasteiger partial charge is 0.416 e. The number of benzene rings is 1. The zero-order valence-corrected chi connectivity index (χ0v) is 8.55. The van der Waals surface area contributed by atoms with Crippen LogP contribution in [0.15, 0.2) is 24.3 Å². The van der Waals surface area contributed by atoms with Crippen LogP contribution in [0.3, 0.4) is 0 Å². The minimum absolute atomic E-state index is 0.246. The molecule has 1 aromatic carbocycles. The number of hydrogen-bond donors (Lipinski definition) is 0. The second kappa shape index (κ2) is 3.00. The number of alkyl halides is 3. The summed E-state index contributed by atoms with van der Waals surface area (Å²) in [7, 11) is 0. The van der Waals surface area contributed by atoms with Gasteiger partial charge < -0.3 is 4.74 Å². The molecule has 3 rings (SSSR count). The highest BCUT2D eigenvalue weighted by molar-refractivity contribution is 5.33. The van der Waals surface area contributed by atoms with Crippen molar-refractivity contribution in [2.45, 2.75) is 24.6 Å². The van der Waals surface area contributed by atoms with Crippen LogP contribution in [0.4, 0.5) is 13.2 Å². The molecular formula is C12H11F3O. The standard InChI is InChI=1S/C12H11F3O/c13-12(14,15)10-5-3-9(4-6-10)11(7-16-11)8-1-2-8/h3-6,8H,1-2,7H2. The zero-order chi connectivity index (χ0) is 11.4. The van der Waals surface area contributed by atoms with Crippen LogP contribution < -0.4 is 0 Å². The Kier molecular flexibility index (Phi) is 1.90. The first-order valence-electron chi connectivity index (χ1n) is 5.34. The van der Waals surface area contributed by atoms with E-state index >= 15 is 0 Å². The van der Waals surface area contributed by atoms with Crippen molar-refractivity contribution >= 4 is 0 Å². The molecule has 0 bridgehead atoms. The van der Waals surface area contributed by atoms with Crippen LogP contribution in [-0.4, -0.2) is 6.61 Å². The van der Waals surface area contributed by atoms with Crippen molar-refractivity contribution in [2.24, 2.45) is 5.92 Å². The Morgan fingerprint density at radius 2 is 1.69 bits per heavy atom. The summed E-state index contributed by atoms with van der Waals surface area (Å²) in [6, 6.07) is 5.38. The average Bonchev–Trinajstić information content (AvgIpc) is 3.09. The molecule has 1 unspecified atom stereocenters. The molecule has 0 radical (unpaired) electrons. The van der Waals surface area contributed by atoms with Crippen LogP contribution >= 0.6 is 0 Å². The lowest BCUT2D eigenvalue weighted by Gasteiger charge is -2.12. The van der Waals surface area contributed by atoms with Gasteiger partial charge in [0.15, 0.2) is 0 Å². The third kappa shape index (κ3) is 1.52. The van der Waals surface area contributed by atoms with E-state index in [4.69, 9.17) is 4.74 Å². The fourth-order valence-electron chi connectivity index (χ4n) is 2.21. The summed E-state index contributed by atoms with van der Waals surface area (Å²) in [6.07, 6.45) is -2.00. The summed E-state index contributed by atoms with van der Waals surface area (Å²) >= 11 is 0. The predicted molar refractivity (Wildman–Crippen MR) is 51.8 cm³/mol. The summed E-state index contributed by atoms with van der Waals surface area (Å²) in [5.41, 5.74) is 0.0512. The van der Waals surface area contributed by atoms with E-state index in [0.29, 0.717) is 12.5 Å². The van der Waals surface area contributed by atoms with E-state index in [1.165, 1.54) is 0 Å². The molecule has 0 N–H and O–H groups in total. The van der Waals surface area contributed by atoms with Crippen molar-refractivity contribution < 1.29 is 17.9 Å². The molecule has 0 spiro atoms. The molecule has 1 aliphatic carbocycles. The van der Waals surface area contributed by atoms with Crippen LogP contribution in [0.1, 0.15) is 24.0 Å². The van der Waals surface area contributed by atoms with Crippen LogP contribution in [0.25, 0.3) is 0 Å². The van der Waals surface area contributed by atoms with E-state index in [1.54, 1.807) is 12.1 Å². The molecule has 4 heteroatoms. The smallest absolute Gasteiger partial charge is 0.364 e. The maximum absolute atomic E-state index is 12.4.